The average molecular weight is 286 g/mol. The van der Waals surface area contributed by atoms with E-state index in [1.807, 2.05) is 0 Å². The Labute approximate surface area is 125 Å². The first kappa shape index (κ1) is 14.1. The van der Waals surface area contributed by atoms with Gasteiger partial charge in [0.2, 0.25) is 0 Å². The van der Waals surface area contributed by atoms with Gasteiger partial charge >= 0.3 is 0 Å². The van der Waals surface area contributed by atoms with Crippen LogP contribution in [-0.4, -0.2) is 36.4 Å². The molecule has 1 atom stereocenters. The number of benzene rings is 1. The van der Waals surface area contributed by atoms with Crippen LogP contribution >= 0.6 is 0 Å². The summed E-state index contributed by atoms with van der Waals surface area (Å²) in [5.41, 5.74) is 3.37. The Morgan fingerprint density at radius 2 is 2.24 bits per heavy atom. The molecule has 1 aliphatic rings. The third kappa shape index (κ3) is 3.62. The summed E-state index contributed by atoms with van der Waals surface area (Å²) < 4.78 is 5.08. The van der Waals surface area contributed by atoms with Crippen LogP contribution in [0, 0.1) is 0 Å². The van der Waals surface area contributed by atoms with Gasteiger partial charge in [0.05, 0.1) is 18.0 Å². The van der Waals surface area contributed by atoms with Crippen LogP contribution in [-0.2, 0) is 17.9 Å². The van der Waals surface area contributed by atoms with E-state index in [4.69, 9.17) is 4.74 Å². The fraction of sp³-hybridized carbons (Fsp3) is 0.438. The molecule has 0 bridgehead atoms. The molecule has 1 aliphatic heterocycles. The molecule has 0 radical (unpaired) electrons. The molecule has 1 aromatic heterocycles. The van der Waals surface area contributed by atoms with Crippen molar-refractivity contribution < 1.29 is 4.74 Å². The number of methoxy groups -OCH3 is 1. The number of nitrogens with one attached hydrogen (secondary N) is 2. The predicted molar refractivity (Wildman–Crippen MR) is 83.2 cm³/mol. The Kier molecular flexibility index (Phi) is 4.52. The fourth-order valence-electron chi connectivity index (χ4n) is 2.78. The van der Waals surface area contributed by atoms with Gasteiger partial charge in [-0.05, 0) is 24.6 Å². The van der Waals surface area contributed by atoms with E-state index in [1.54, 1.807) is 7.11 Å². The summed E-state index contributed by atoms with van der Waals surface area (Å²) in [5, 5.41) is 10.9. The highest BCUT2D eigenvalue weighted by Gasteiger charge is 2.22. The van der Waals surface area contributed by atoms with Gasteiger partial charge in [0, 0.05) is 38.5 Å². The summed E-state index contributed by atoms with van der Waals surface area (Å²) in [6.45, 7) is 3.54. The summed E-state index contributed by atoms with van der Waals surface area (Å²) in [7, 11) is 1.69. The lowest BCUT2D eigenvalue weighted by Crippen LogP contribution is -2.32. The number of aromatic nitrogens is 2. The van der Waals surface area contributed by atoms with Crippen molar-refractivity contribution in [2.24, 2.45) is 0 Å². The molecule has 112 valence electrons. The highest BCUT2D eigenvalue weighted by Crippen LogP contribution is 2.19. The van der Waals surface area contributed by atoms with Crippen LogP contribution in [0.3, 0.4) is 0 Å². The number of para-hydroxylation sites is 1. The van der Waals surface area contributed by atoms with Crippen molar-refractivity contribution in [3.8, 4) is 0 Å². The zero-order valence-electron chi connectivity index (χ0n) is 12.4. The molecular formula is C16H22N4O. The molecule has 0 aliphatic carbocycles. The number of anilines is 1. The lowest BCUT2D eigenvalue weighted by atomic mass is 10.2. The maximum absolute atomic E-state index is 5.08. The molecular weight excluding hydrogens is 264 g/mol. The maximum Gasteiger partial charge on any atom is 0.0878 e. The standard InChI is InChI=1S/C16H22N4O/c1-21-12-15-9-14(18-19-15)10-17-13-7-8-20(11-13)16-5-3-2-4-6-16/h2-6,9,13,17H,7-8,10-12H2,1H3,(H,18,19). The Balaban J connectivity index is 1.48. The summed E-state index contributed by atoms with van der Waals surface area (Å²) in [5.74, 6) is 0. The molecule has 21 heavy (non-hydrogen) atoms. The second-order valence-electron chi connectivity index (χ2n) is 5.47. The topological polar surface area (TPSA) is 53.2 Å². The lowest BCUT2D eigenvalue weighted by molar-refractivity contribution is 0.181. The van der Waals surface area contributed by atoms with Crippen molar-refractivity contribution in [3.05, 3.63) is 47.8 Å². The van der Waals surface area contributed by atoms with Gasteiger partial charge in [0.1, 0.15) is 0 Å². The van der Waals surface area contributed by atoms with Crippen LogP contribution in [0.1, 0.15) is 17.8 Å². The third-order valence-corrected chi connectivity index (χ3v) is 3.87. The number of H-pyrrole nitrogens is 1. The van der Waals surface area contributed by atoms with Crippen molar-refractivity contribution in [1.82, 2.24) is 15.5 Å². The number of rotatable bonds is 6. The normalized spacial score (nSPS) is 18.3. The minimum Gasteiger partial charge on any atom is -0.378 e. The Morgan fingerprint density at radius 1 is 1.38 bits per heavy atom. The Hall–Kier alpha value is -1.85. The molecule has 0 saturated carbocycles. The lowest BCUT2D eigenvalue weighted by Gasteiger charge is -2.18. The van der Waals surface area contributed by atoms with E-state index in [1.165, 1.54) is 12.1 Å². The van der Waals surface area contributed by atoms with E-state index < -0.39 is 0 Å². The van der Waals surface area contributed by atoms with Crippen molar-refractivity contribution in [2.75, 3.05) is 25.1 Å². The van der Waals surface area contributed by atoms with Crippen LogP contribution in [0.2, 0.25) is 0 Å². The van der Waals surface area contributed by atoms with Crippen LogP contribution < -0.4 is 10.2 Å². The van der Waals surface area contributed by atoms with Gasteiger partial charge < -0.3 is 15.0 Å². The van der Waals surface area contributed by atoms with Crippen LogP contribution in [0.25, 0.3) is 0 Å². The predicted octanol–water partition coefficient (Wildman–Crippen LogP) is 1.92. The first-order chi connectivity index (χ1) is 10.3. The summed E-state index contributed by atoms with van der Waals surface area (Å²) in [6.07, 6.45) is 1.17. The number of hydrogen-bond donors (Lipinski definition) is 2. The van der Waals surface area contributed by atoms with Gasteiger partial charge in [0.25, 0.3) is 0 Å². The minimum atomic E-state index is 0.521. The maximum atomic E-state index is 5.08. The van der Waals surface area contributed by atoms with Gasteiger partial charge in [-0.2, -0.15) is 5.10 Å². The molecule has 2 N–H and O–H groups in total. The number of nitrogens with zero attached hydrogens (tertiary/aromatic N) is 2. The number of hydrogen-bond acceptors (Lipinski definition) is 4. The van der Waals surface area contributed by atoms with Crippen molar-refractivity contribution in [3.63, 3.8) is 0 Å². The molecule has 0 amide bonds. The highest BCUT2D eigenvalue weighted by atomic mass is 16.5. The van der Waals surface area contributed by atoms with Gasteiger partial charge in [-0.1, -0.05) is 18.2 Å². The summed E-state index contributed by atoms with van der Waals surface area (Å²) >= 11 is 0. The third-order valence-electron chi connectivity index (χ3n) is 3.87. The largest absolute Gasteiger partial charge is 0.378 e. The van der Waals surface area contributed by atoms with E-state index in [0.29, 0.717) is 12.6 Å². The number of ether oxygens (including phenoxy) is 1. The molecule has 3 rings (SSSR count). The first-order valence-corrected chi connectivity index (χ1v) is 7.40. The van der Waals surface area contributed by atoms with Crippen LogP contribution in [0.4, 0.5) is 5.69 Å². The average Bonchev–Trinajstić information content (AvgIpc) is 3.16. The molecule has 1 saturated heterocycles. The second kappa shape index (κ2) is 6.74. The van der Waals surface area contributed by atoms with Gasteiger partial charge in [-0.15, -0.1) is 0 Å². The van der Waals surface area contributed by atoms with Crippen molar-refractivity contribution >= 4 is 5.69 Å². The highest BCUT2D eigenvalue weighted by molar-refractivity contribution is 5.47. The van der Waals surface area contributed by atoms with Gasteiger partial charge in [-0.3, -0.25) is 5.10 Å². The monoisotopic (exact) mass is 286 g/mol. The fourth-order valence-corrected chi connectivity index (χ4v) is 2.78. The smallest absolute Gasteiger partial charge is 0.0878 e. The summed E-state index contributed by atoms with van der Waals surface area (Å²) in [6, 6.07) is 13.2. The molecule has 5 nitrogen and oxygen atoms in total. The second-order valence-corrected chi connectivity index (χ2v) is 5.47. The zero-order valence-corrected chi connectivity index (χ0v) is 12.4. The van der Waals surface area contributed by atoms with E-state index in [2.05, 4.69) is 56.8 Å². The minimum absolute atomic E-state index is 0.521. The van der Waals surface area contributed by atoms with Gasteiger partial charge in [-0.25, -0.2) is 0 Å². The van der Waals surface area contributed by atoms with E-state index >= 15 is 0 Å². The van der Waals surface area contributed by atoms with E-state index in [0.717, 1.165) is 31.0 Å². The molecule has 5 heteroatoms. The van der Waals surface area contributed by atoms with Crippen LogP contribution in [0.5, 0.6) is 0 Å². The van der Waals surface area contributed by atoms with E-state index in [-0.39, 0.29) is 0 Å². The SMILES string of the molecule is COCc1cc(CNC2CCN(c3ccccc3)C2)n[nH]1. The molecule has 1 unspecified atom stereocenters. The van der Waals surface area contributed by atoms with Crippen LogP contribution in [0.15, 0.2) is 36.4 Å². The van der Waals surface area contributed by atoms with Crippen molar-refractivity contribution in [1.29, 1.82) is 0 Å². The summed E-state index contributed by atoms with van der Waals surface area (Å²) in [4.78, 5) is 2.43. The molecule has 1 fully saturated rings. The zero-order chi connectivity index (χ0) is 14.5. The quantitative estimate of drug-likeness (QED) is 0.852. The number of aromatic amines is 1. The van der Waals surface area contributed by atoms with Crippen molar-refractivity contribution in [2.45, 2.75) is 25.6 Å². The molecule has 0 spiro atoms. The molecule has 2 aromatic rings. The van der Waals surface area contributed by atoms with Gasteiger partial charge in [0.15, 0.2) is 0 Å². The Bertz CT molecular complexity index is 554. The Morgan fingerprint density at radius 3 is 3.05 bits per heavy atom. The molecule has 1 aromatic carbocycles. The van der Waals surface area contributed by atoms with E-state index in [9.17, 15) is 0 Å². The first-order valence-electron chi connectivity index (χ1n) is 7.40. The molecule has 2 heterocycles.